The van der Waals surface area contributed by atoms with Gasteiger partial charge in [-0.15, -0.1) is 35.9 Å². The Bertz CT molecular complexity index is 325. The first-order valence-electron chi connectivity index (χ1n) is 8.68. The monoisotopic (exact) mass is 300 g/mol. The van der Waals surface area contributed by atoms with E-state index in [1.807, 2.05) is 0 Å². The molecule has 0 aliphatic rings. The van der Waals surface area contributed by atoms with Crippen molar-refractivity contribution in [2.24, 2.45) is 0 Å². The maximum atomic E-state index is 5.49. The summed E-state index contributed by atoms with van der Waals surface area (Å²) in [6, 6.07) is 0.897. The Balaban J connectivity index is 3.37. The predicted molar refractivity (Wildman–Crippen MR) is 98.1 cm³/mol. The van der Waals surface area contributed by atoms with Crippen LogP contribution in [0, 0.1) is 35.9 Å². The van der Waals surface area contributed by atoms with E-state index in [2.05, 4.69) is 23.6 Å². The first-order chi connectivity index (χ1) is 10.2. The lowest BCUT2D eigenvalue weighted by molar-refractivity contribution is 0.547. The normalized spacial score (nSPS) is 10.6. The van der Waals surface area contributed by atoms with Crippen LogP contribution in [0.1, 0.15) is 84.0 Å². The Morgan fingerprint density at radius 1 is 0.571 bits per heavy atom. The summed E-state index contributed by atoms with van der Waals surface area (Å²) in [4.78, 5) is 0. The van der Waals surface area contributed by atoms with Gasteiger partial charge in [-0.05, 0) is 6.04 Å². The molecule has 1 heteroatoms. The summed E-state index contributed by atoms with van der Waals surface area (Å²) < 4.78 is 0. The summed E-state index contributed by atoms with van der Waals surface area (Å²) in [5.74, 6) is 0. The number of hydrogen-bond donors (Lipinski definition) is 0. The third-order valence-corrected chi connectivity index (χ3v) is 6.73. The molecule has 0 aromatic rings. The van der Waals surface area contributed by atoms with E-state index in [1.165, 1.54) is 70.6 Å². The van der Waals surface area contributed by atoms with Gasteiger partial charge in [0.2, 0.25) is 0 Å². The van der Waals surface area contributed by atoms with Crippen molar-refractivity contribution >= 4 is 8.07 Å². The average molecular weight is 301 g/mol. The highest BCUT2D eigenvalue weighted by molar-refractivity contribution is 7.00. The van der Waals surface area contributed by atoms with E-state index in [9.17, 15) is 0 Å². The lowest BCUT2D eigenvalue weighted by Crippen LogP contribution is -2.29. The van der Waals surface area contributed by atoms with Gasteiger partial charge in [0, 0.05) is 0 Å². The smallest absolute Gasteiger partial charge is 0.125 e. The first-order valence-corrected chi connectivity index (χ1v) is 10.9. The molecule has 0 heterocycles. The highest BCUT2D eigenvalue weighted by atomic mass is 28.3. The largest absolute Gasteiger partial charge is 0.289 e. The van der Waals surface area contributed by atoms with Crippen molar-refractivity contribution in [1.82, 2.24) is 0 Å². The number of hydrogen-bond acceptors (Lipinski definition) is 0. The third-order valence-electron chi connectivity index (χ3n) is 4.14. The Labute approximate surface area is 134 Å². The van der Waals surface area contributed by atoms with Gasteiger partial charge in [0.1, 0.15) is 0 Å². The van der Waals surface area contributed by atoms with E-state index in [-0.39, 0.29) is 0 Å². The maximum Gasteiger partial charge on any atom is 0.289 e. The second kappa shape index (κ2) is 13.9. The van der Waals surface area contributed by atoms with Crippen LogP contribution in [0.25, 0.3) is 0 Å². The van der Waals surface area contributed by atoms with Gasteiger partial charge >= 0.3 is 0 Å². The number of rotatable bonds is 13. The summed E-state index contributed by atoms with van der Waals surface area (Å²) in [6.07, 6.45) is 32.6. The molecule has 0 aromatic heterocycles. The minimum atomic E-state index is -2.23. The van der Waals surface area contributed by atoms with E-state index >= 15 is 0 Å². The molecule has 0 saturated carbocycles. The summed E-state index contributed by atoms with van der Waals surface area (Å²) in [6.45, 7) is 2.27. The molecule has 0 radical (unpaired) electrons. The second-order valence-electron chi connectivity index (χ2n) is 5.98. The fourth-order valence-electron chi connectivity index (χ4n) is 2.57. The zero-order chi connectivity index (χ0) is 15.8. The van der Waals surface area contributed by atoms with Gasteiger partial charge in [-0.1, -0.05) is 84.0 Å². The Kier molecular flexibility index (Phi) is 13.1. The van der Waals surface area contributed by atoms with Crippen molar-refractivity contribution in [3.63, 3.8) is 0 Å². The molecule has 21 heavy (non-hydrogen) atoms. The van der Waals surface area contributed by atoms with Crippen LogP contribution in [-0.2, 0) is 0 Å². The Morgan fingerprint density at radius 3 is 1.24 bits per heavy atom. The molecular formula is C20H32Si. The summed E-state index contributed by atoms with van der Waals surface area (Å²) in [7, 11) is -2.23. The molecule has 0 rings (SSSR count). The van der Waals surface area contributed by atoms with E-state index in [0.29, 0.717) is 0 Å². The first kappa shape index (κ1) is 19.9. The number of unbranched alkanes of at least 4 members (excludes halogenated alkanes) is 11. The molecule has 0 fully saturated rings. The van der Waals surface area contributed by atoms with Crippen molar-refractivity contribution in [2.45, 2.75) is 90.0 Å². The molecule has 0 N–H and O–H groups in total. The fourth-order valence-corrected chi connectivity index (χ4v) is 4.04. The van der Waals surface area contributed by atoms with Crippen LogP contribution in [0.2, 0.25) is 6.04 Å². The van der Waals surface area contributed by atoms with Crippen LogP contribution in [0.3, 0.4) is 0 Å². The zero-order valence-corrected chi connectivity index (χ0v) is 14.9. The standard InChI is InChI=1S/C20H32Si/c1-5-9-10-11-12-13-14-15-16-17-18-19-20-21(6-2,7-3)8-4/h2-4H,5,9-20H2,1H3. The van der Waals surface area contributed by atoms with Crippen molar-refractivity contribution in [2.75, 3.05) is 0 Å². The fraction of sp³-hybridized carbons (Fsp3) is 0.700. The van der Waals surface area contributed by atoms with Gasteiger partial charge in [-0.25, -0.2) is 0 Å². The molecule has 0 nitrogen and oxygen atoms in total. The quantitative estimate of drug-likeness (QED) is 0.234. The zero-order valence-electron chi connectivity index (χ0n) is 13.9. The SMILES string of the molecule is C#C[Si](C#C)(C#C)CCCCCCCCCCCCCC. The van der Waals surface area contributed by atoms with E-state index in [4.69, 9.17) is 19.3 Å². The highest BCUT2D eigenvalue weighted by Crippen LogP contribution is 2.15. The Hall–Kier alpha value is -1.10. The van der Waals surface area contributed by atoms with Crippen molar-refractivity contribution in [3.05, 3.63) is 0 Å². The summed E-state index contributed by atoms with van der Waals surface area (Å²) >= 11 is 0. The lowest BCUT2D eigenvalue weighted by Gasteiger charge is -2.11. The molecule has 0 aromatic carbocycles. The van der Waals surface area contributed by atoms with Crippen molar-refractivity contribution < 1.29 is 0 Å². The summed E-state index contributed by atoms with van der Waals surface area (Å²) in [5, 5.41) is 0. The Morgan fingerprint density at radius 2 is 0.905 bits per heavy atom. The second-order valence-corrected chi connectivity index (χ2v) is 9.15. The third kappa shape index (κ3) is 10.3. The van der Waals surface area contributed by atoms with Gasteiger partial charge < -0.3 is 0 Å². The summed E-state index contributed by atoms with van der Waals surface area (Å²) in [5.41, 5.74) is 8.16. The van der Waals surface area contributed by atoms with Crippen LogP contribution >= 0.6 is 0 Å². The van der Waals surface area contributed by atoms with E-state index in [0.717, 1.165) is 12.5 Å². The predicted octanol–water partition coefficient (Wildman–Crippen LogP) is 5.65. The van der Waals surface area contributed by atoms with Crippen LogP contribution in [0.5, 0.6) is 0 Å². The molecule has 0 aliphatic carbocycles. The minimum absolute atomic E-state index is 0.897. The topological polar surface area (TPSA) is 0 Å². The van der Waals surface area contributed by atoms with Crippen LogP contribution in [0.4, 0.5) is 0 Å². The maximum absolute atomic E-state index is 5.49. The molecule has 0 aliphatic heterocycles. The lowest BCUT2D eigenvalue weighted by atomic mass is 10.1. The van der Waals surface area contributed by atoms with Crippen molar-refractivity contribution in [3.8, 4) is 35.9 Å². The molecule has 0 bridgehead atoms. The molecular weight excluding hydrogens is 268 g/mol. The molecule has 116 valence electrons. The average Bonchev–Trinajstić information content (AvgIpc) is 2.53. The van der Waals surface area contributed by atoms with Crippen LogP contribution < -0.4 is 0 Å². The molecule has 0 amide bonds. The van der Waals surface area contributed by atoms with Crippen molar-refractivity contribution in [1.29, 1.82) is 0 Å². The van der Waals surface area contributed by atoms with Gasteiger partial charge in [-0.3, -0.25) is 0 Å². The van der Waals surface area contributed by atoms with Gasteiger partial charge in [0.25, 0.3) is 8.07 Å². The highest BCUT2D eigenvalue weighted by Gasteiger charge is 2.25. The minimum Gasteiger partial charge on any atom is -0.125 e. The van der Waals surface area contributed by atoms with E-state index in [1.54, 1.807) is 0 Å². The van der Waals surface area contributed by atoms with Crippen LogP contribution in [0.15, 0.2) is 0 Å². The van der Waals surface area contributed by atoms with Gasteiger partial charge in [0.15, 0.2) is 0 Å². The molecule has 0 spiro atoms. The molecule has 0 saturated heterocycles. The van der Waals surface area contributed by atoms with Gasteiger partial charge in [-0.2, -0.15) is 0 Å². The molecule has 0 atom stereocenters. The van der Waals surface area contributed by atoms with Crippen LogP contribution in [-0.4, -0.2) is 8.07 Å². The van der Waals surface area contributed by atoms with E-state index < -0.39 is 8.07 Å². The number of terminal acetylenes is 3. The molecule has 0 unspecified atom stereocenters. The van der Waals surface area contributed by atoms with Gasteiger partial charge in [0.05, 0.1) is 0 Å².